The van der Waals surface area contributed by atoms with Crippen LogP contribution in [-0.2, 0) is 11.3 Å². The molecule has 0 aromatic heterocycles. The van der Waals surface area contributed by atoms with Gasteiger partial charge < -0.3 is 10.6 Å². The lowest BCUT2D eigenvalue weighted by molar-refractivity contribution is -0.133. The average Bonchev–Trinajstić information content (AvgIpc) is 3.09. The molecule has 2 N–H and O–H groups in total. The van der Waals surface area contributed by atoms with Gasteiger partial charge in [0.2, 0.25) is 5.91 Å². The van der Waals surface area contributed by atoms with Crippen LogP contribution in [-0.4, -0.2) is 22.8 Å². The smallest absolute Gasteiger partial charge is 0.235 e. The van der Waals surface area contributed by atoms with Crippen LogP contribution < -0.4 is 5.73 Å². The van der Waals surface area contributed by atoms with E-state index in [1.54, 1.807) is 11.9 Å². The van der Waals surface area contributed by atoms with Crippen LogP contribution in [0.25, 0.3) is 0 Å². The molecule has 0 heterocycles. The third kappa shape index (κ3) is 2.49. The largest absolute Gasteiger partial charge is 0.392 e. The van der Waals surface area contributed by atoms with Crippen LogP contribution in [0.3, 0.4) is 0 Å². The molecule has 0 atom stereocenters. The molecule has 0 aliphatic heterocycles. The van der Waals surface area contributed by atoms with E-state index in [4.69, 9.17) is 29.6 Å². The Morgan fingerprint density at radius 3 is 2.72 bits per heavy atom. The highest BCUT2D eigenvalue weighted by atomic mass is 35.5. The number of thiocarbonyl (C=S) groups is 1. The van der Waals surface area contributed by atoms with Gasteiger partial charge in [-0.3, -0.25) is 4.79 Å². The van der Waals surface area contributed by atoms with Gasteiger partial charge in [-0.2, -0.15) is 0 Å². The minimum atomic E-state index is -0.581. The van der Waals surface area contributed by atoms with Crippen LogP contribution in [0.2, 0.25) is 5.02 Å². The first kappa shape index (κ1) is 13.3. The van der Waals surface area contributed by atoms with E-state index >= 15 is 0 Å². The zero-order valence-electron chi connectivity index (χ0n) is 10.1. The summed E-state index contributed by atoms with van der Waals surface area (Å²) in [6, 6.07) is 7.47. The molecule has 1 aromatic rings. The lowest BCUT2D eigenvalue weighted by atomic mass is 10.1. The minimum Gasteiger partial charge on any atom is -0.392 e. The molecule has 1 fully saturated rings. The summed E-state index contributed by atoms with van der Waals surface area (Å²) in [5.41, 5.74) is 6.07. The number of carbonyl (C=O) groups is 1. The van der Waals surface area contributed by atoms with Crippen molar-refractivity contribution in [2.45, 2.75) is 19.4 Å². The number of benzene rings is 1. The molecular weight excluding hydrogens is 268 g/mol. The Bertz CT molecular complexity index is 500. The predicted molar refractivity (Wildman–Crippen MR) is 76.4 cm³/mol. The van der Waals surface area contributed by atoms with E-state index in [1.165, 1.54) is 0 Å². The fraction of sp³-hybridized carbons (Fsp3) is 0.385. The van der Waals surface area contributed by atoms with E-state index < -0.39 is 5.41 Å². The van der Waals surface area contributed by atoms with Crippen molar-refractivity contribution in [3.8, 4) is 0 Å². The molecule has 2 rings (SSSR count). The number of nitrogens with two attached hydrogens (primary N) is 1. The summed E-state index contributed by atoms with van der Waals surface area (Å²) in [6.45, 7) is 0.518. The molecule has 0 spiro atoms. The summed E-state index contributed by atoms with van der Waals surface area (Å²) >= 11 is 10.9. The summed E-state index contributed by atoms with van der Waals surface area (Å²) in [6.07, 6.45) is 1.53. The monoisotopic (exact) mass is 282 g/mol. The summed E-state index contributed by atoms with van der Waals surface area (Å²) in [4.78, 5) is 14.3. The van der Waals surface area contributed by atoms with Crippen molar-refractivity contribution >= 4 is 34.7 Å². The van der Waals surface area contributed by atoms with Gasteiger partial charge >= 0.3 is 0 Å². The molecular formula is C13H15ClN2OS. The fourth-order valence-corrected chi connectivity index (χ4v) is 2.54. The van der Waals surface area contributed by atoms with E-state index in [0.29, 0.717) is 16.6 Å². The maximum Gasteiger partial charge on any atom is 0.235 e. The van der Waals surface area contributed by atoms with E-state index in [2.05, 4.69) is 0 Å². The molecule has 1 saturated carbocycles. The molecule has 1 aliphatic carbocycles. The molecule has 0 bridgehead atoms. The third-order valence-electron chi connectivity index (χ3n) is 3.29. The summed E-state index contributed by atoms with van der Waals surface area (Å²) in [5, 5.41) is 0.670. The molecule has 0 radical (unpaired) electrons. The van der Waals surface area contributed by atoms with Crippen LogP contribution in [0.15, 0.2) is 24.3 Å². The van der Waals surface area contributed by atoms with Gasteiger partial charge in [-0.15, -0.1) is 0 Å². The first-order valence-corrected chi connectivity index (χ1v) is 6.54. The molecule has 1 aliphatic rings. The van der Waals surface area contributed by atoms with Gasteiger partial charge in [0.05, 0.1) is 10.4 Å². The topological polar surface area (TPSA) is 46.3 Å². The maximum atomic E-state index is 12.3. The molecule has 5 heteroatoms. The molecule has 96 valence electrons. The minimum absolute atomic E-state index is 0.00924. The van der Waals surface area contributed by atoms with Crippen molar-refractivity contribution in [1.82, 2.24) is 4.90 Å². The number of hydrogen-bond donors (Lipinski definition) is 1. The van der Waals surface area contributed by atoms with Crippen LogP contribution in [0.4, 0.5) is 0 Å². The maximum absolute atomic E-state index is 12.3. The fourth-order valence-electron chi connectivity index (χ4n) is 2.04. The zero-order chi connectivity index (χ0) is 13.3. The number of nitrogens with zero attached hydrogens (tertiary/aromatic N) is 1. The first-order valence-electron chi connectivity index (χ1n) is 5.75. The highest BCUT2D eigenvalue weighted by molar-refractivity contribution is 7.80. The van der Waals surface area contributed by atoms with Crippen molar-refractivity contribution in [2.24, 2.45) is 11.1 Å². The third-order valence-corrected chi connectivity index (χ3v) is 3.91. The van der Waals surface area contributed by atoms with Crippen LogP contribution in [0.1, 0.15) is 18.4 Å². The number of rotatable bonds is 4. The number of hydrogen-bond acceptors (Lipinski definition) is 2. The van der Waals surface area contributed by atoms with Crippen molar-refractivity contribution < 1.29 is 4.79 Å². The van der Waals surface area contributed by atoms with Crippen molar-refractivity contribution in [2.75, 3.05) is 7.05 Å². The molecule has 0 unspecified atom stereocenters. The predicted octanol–water partition coefficient (Wildman–Crippen LogP) is 2.36. The van der Waals surface area contributed by atoms with Gasteiger partial charge in [0.25, 0.3) is 0 Å². The van der Waals surface area contributed by atoms with E-state index in [0.717, 1.165) is 18.4 Å². The Kier molecular flexibility index (Phi) is 3.59. The summed E-state index contributed by atoms with van der Waals surface area (Å²) < 4.78 is 0. The average molecular weight is 283 g/mol. The van der Waals surface area contributed by atoms with Gasteiger partial charge in [-0.25, -0.2) is 0 Å². The van der Waals surface area contributed by atoms with Crippen LogP contribution in [0, 0.1) is 5.41 Å². The molecule has 0 saturated heterocycles. The van der Waals surface area contributed by atoms with Crippen LogP contribution >= 0.6 is 23.8 Å². The quantitative estimate of drug-likeness (QED) is 0.863. The van der Waals surface area contributed by atoms with Gasteiger partial charge in [0.1, 0.15) is 0 Å². The van der Waals surface area contributed by atoms with E-state index in [-0.39, 0.29) is 5.91 Å². The Morgan fingerprint density at radius 2 is 2.22 bits per heavy atom. The molecule has 3 nitrogen and oxygen atoms in total. The molecule has 18 heavy (non-hydrogen) atoms. The first-order chi connectivity index (χ1) is 8.45. The van der Waals surface area contributed by atoms with Gasteiger partial charge in [-0.05, 0) is 30.5 Å². The second-order valence-corrected chi connectivity index (χ2v) is 5.61. The number of amides is 1. The highest BCUT2D eigenvalue weighted by Crippen LogP contribution is 2.47. The SMILES string of the molecule is CN(Cc1cccc(Cl)c1)C(=O)C1(C(N)=S)CC1. The molecule has 1 aromatic carbocycles. The second-order valence-electron chi connectivity index (χ2n) is 4.74. The summed E-state index contributed by atoms with van der Waals surface area (Å²) in [5.74, 6) is 0.00924. The van der Waals surface area contributed by atoms with Gasteiger partial charge in [-0.1, -0.05) is 36.0 Å². The lowest BCUT2D eigenvalue weighted by Gasteiger charge is -2.23. The number of carbonyl (C=O) groups excluding carboxylic acids is 1. The normalized spacial score (nSPS) is 16.1. The van der Waals surface area contributed by atoms with Gasteiger partial charge in [0.15, 0.2) is 0 Å². The standard InChI is InChI=1S/C13H15ClN2OS/c1-16(8-9-3-2-4-10(14)7-9)12(17)13(5-6-13)11(15)18/h2-4,7H,5-6,8H2,1H3,(H2,15,18). The van der Waals surface area contributed by atoms with Crippen LogP contribution in [0.5, 0.6) is 0 Å². The Balaban J connectivity index is 2.07. The Labute approximate surface area is 117 Å². The van der Waals surface area contributed by atoms with Crippen molar-refractivity contribution in [1.29, 1.82) is 0 Å². The van der Waals surface area contributed by atoms with E-state index in [9.17, 15) is 4.79 Å². The van der Waals surface area contributed by atoms with Crippen molar-refractivity contribution in [3.05, 3.63) is 34.9 Å². The highest BCUT2D eigenvalue weighted by Gasteiger charge is 2.53. The lowest BCUT2D eigenvalue weighted by Crippen LogP contribution is -2.40. The Hall–Kier alpha value is -1.13. The summed E-state index contributed by atoms with van der Waals surface area (Å²) in [7, 11) is 1.77. The van der Waals surface area contributed by atoms with E-state index in [1.807, 2.05) is 24.3 Å². The van der Waals surface area contributed by atoms with Gasteiger partial charge in [0, 0.05) is 18.6 Å². The van der Waals surface area contributed by atoms with Crippen molar-refractivity contribution in [3.63, 3.8) is 0 Å². The Morgan fingerprint density at radius 1 is 1.56 bits per heavy atom. The zero-order valence-corrected chi connectivity index (χ0v) is 11.7. The second kappa shape index (κ2) is 4.86. The molecule has 1 amide bonds. The number of halogens is 1.